The molecule has 1 atom stereocenters. The smallest absolute Gasteiger partial charge is 0.345 e. The highest BCUT2D eigenvalue weighted by Gasteiger charge is 2.31. The van der Waals surface area contributed by atoms with E-state index < -0.39 is 17.6 Å². The van der Waals surface area contributed by atoms with Crippen LogP contribution in [0.1, 0.15) is 33.8 Å². The summed E-state index contributed by atoms with van der Waals surface area (Å²) in [5.74, 6) is -0.517. The van der Waals surface area contributed by atoms with Crippen LogP contribution in [0, 0.1) is 0 Å². The van der Waals surface area contributed by atoms with Crippen molar-refractivity contribution in [3.05, 3.63) is 57.8 Å². The molecule has 20 heavy (non-hydrogen) atoms. The molecule has 0 aliphatic heterocycles. The number of carbonyl (C=O) groups is 1. The summed E-state index contributed by atoms with van der Waals surface area (Å²) in [4.78, 5) is 12.9. The van der Waals surface area contributed by atoms with Gasteiger partial charge in [-0.2, -0.15) is 13.2 Å². The van der Waals surface area contributed by atoms with Gasteiger partial charge in [-0.15, -0.1) is 11.3 Å². The first kappa shape index (κ1) is 14.6. The third-order valence-corrected chi connectivity index (χ3v) is 3.82. The molecule has 0 saturated carbocycles. The fraction of sp³-hybridized carbons (Fsp3) is 0.214. The van der Waals surface area contributed by atoms with Crippen molar-refractivity contribution < 1.29 is 18.0 Å². The number of benzene rings is 1. The zero-order valence-corrected chi connectivity index (χ0v) is 11.4. The molecule has 0 aliphatic rings. The second-order valence-electron chi connectivity index (χ2n) is 4.29. The molecular weight excluding hydrogens is 287 g/mol. The van der Waals surface area contributed by atoms with Crippen molar-refractivity contribution in [2.45, 2.75) is 19.1 Å². The van der Waals surface area contributed by atoms with Crippen molar-refractivity contribution >= 4 is 17.2 Å². The third kappa shape index (κ3) is 3.39. The Hall–Kier alpha value is -1.82. The molecule has 0 fully saturated rings. The van der Waals surface area contributed by atoms with Crippen LogP contribution in [-0.2, 0) is 6.18 Å². The number of carbonyl (C=O) groups excluding carboxylic acids is 1. The van der Waals surface area contributed by atoms with E-state index in [4.69, 9.17) is 0 Å². The Morgan fingerprint density at radius 2 is 2.00 bits per heavy atom. The molecule has 1 N–H and O–H groups in total. The SMILES string of the molecule is CC(NC(=O)c1cccc(C(F)(F)F)c1)c1cccs1. The molecule has 0 saturated heterocycles. The normalized spacial score (nSPS) is 13.0. The summed E-state index contributed by atoms with van der Waals surface area (Å²) in [7, 11) is 0. The number of thiophene rings is 1. The Kier molecular flexibility index (Phi) is 4.13. The Morgan fingerprint density at radius 1 is 1.25 bits per heavy atom. The molecule has 2 aromatic rings. The minimum atomic E-state index is -4.45. The molecule has 0 spiro atoms. The maximum atomic E-state index is 12.6. The van der Waals surface area contributed by atoms with Crippen LogP contribution in [0.15, 0.2) is 41.8 Å². The van der Waals surface area contributed by atoms with E-state index in [-0.39, 0.29) is 11.6 Å². The van der Waals surface area contributed by atoms with Gasteiger partial charge in [-0.05, 0) is 36.6 Å². The van der Waals surface area contributed by atoms with Gasteiger partial charge in [-0.1, -0.05) is 12.1 Å². The quantitative estimate of drug-likeness (QED) is 0.901. The lowest BCUT2D eigenvalue weighted by molar-refractivity contribution is -0.137. The van der Waals surface area contributed by atoms with Gasteiger partial charge in [-0.3, -0.25) is 4.79 Å². The van der Waals surface area contributed by atoms with Crippen LogP contribution in [0.3, 0.4) is 0 Å². The van der Waals surface area contributed by atoms with Crippen molar-refractivity contribution in [2.24, 2.45) is 0 Å². The van der Waals surface area contributed by atoms with Gasteiger partial charge >= 0.3 is 6.18 Å². The molecule has 1 heterocycles. The molecule has 6 heteroatoms. The second-order valence-corrected chi connectivity index (χ2v) is 5.27. The van der Waals surface area contributed by atoms with Gasteiger partial charge in [0.15, 0.2) is 0 Å². The summed E-state index contributed by atoms with van der Waals surface area (Å²) >= 11 is 1.48. The lowest BCUT2D eigenvalue weighted by Crippen LogP contribution is -2.26. The van der Waals surface area contributed by atoms with Gasteiger partial charge in [0.05, 0.1) is 11.6 Å². The zero-order valence-electron chi connectivity index (χ0n) is 10.6. The van der Waals surface area contributed by atoms with E-state index in [2.05, 4.69) is 5.32 Å². The number of hydrogen-bond donors (Lipinski definition) is 1. The first-order chi connectivity index (χ1) is 9.38. The Morgan fingerprint density at radius 3 is 2.60 bits per heavy atom. The van der Waals surface area contributed by atoms with Gasteiger partial charge in [0.2, 0.25) is 0 Å². The van der Waals surface area contributed by atoms with Crippen LogP contribution in [-0.4, -0.2) is 5.91 Å². The monoisotopic (exact) mass is 299 g/mol. The van der Waals surface area contributed by atoms with E-state index >= 15 is 0 Å². The van der Waals surface area contributed by atoms with E-state index in [1.165, 1.54) is 23.5 Å². The van der Waals surface area contributed by atoms with Crippen molar-refractivity contribution in [3.8, 4) is 0 Å². The Labute approximate surface area is 118 Å². The fourth-order valence-corrected chi connectivity index (χ4v) is 2.46. The molecule has 2 nitrogen and oxygen atoms in total. The number of halogens is 3. The van der Waals surface area contributed by atoms with Crippen molar-refractivity contribution in [3.63, 3.8) is 0 Å². The van der Waals surface area contributed by atoms with Gasteiger partial charge in [0.1, 0.15) is 0 Å². The van der Waals surface area contributed by atoms with E-state index in [0.29, 0.717) is 0 Å². The number of amides is 1. The molecular formula is C14H12F3NOS. The van der Waals surface area contributed by atoms with Crippen LogP contribution in [0.4, 0.5) is 13.2 Å². The van der Waals surface area contributed by atoms with Crippen LogP contribution in [0.5, 0.6) is 0 Å². The van der Waals surface area contributed by atoms with Crippen molar-refractivity contribution in [1.29, 1.82) is 0 Å². The predicted molar refractivity (Wildman–Crippen MR) is 71.6 cm³/mol. The maximum Gasteiger partial charge on any atom is 0.416 e. The average molecular weight is 299 g/mol. The lowest BCUT2D eigenvalue weighted by atomic mass is 10.1. The van der Waals surface area contributed by atoms with Crippen LogP contribution in [0.25, 0.3) is 0 Å². The van der Waals surface area contributed by atoms with Crippen LogP contribution < -0.4 is 5.32 Å². The van der Waals surface area contributed by atoms with Gasteiger partial charge in [0, 0.05) is 10.4 Å². The van der Waals surface area contributed by atoms with E-state index in [1.54, 1.807) is 6.92 Å². The summed E-state index contributed by atoms with van der Waals surface area (Å²) in [6, 6.07) is 7.88. The van der Waals surface area contributed by atoms with E-state index in [0.717, 1.165) is 17.0 Å². The first-order valence-corrected chi connectivity index (χ1v) is 6.77. The highest BCUT2D eigenvalue weighted by Crippen LogP contribution is 2.29. The molecule has 0 bridgehead atoms. The Balaban J connectivity index is 2.14. The Bertz CT molecular complexity index is 593. The molecule has 106 valence electrons. The first-order valence-electron chi connectivity index (χ1n) is 5.89. The number of rotatable bonds is 3. The summed E-state index contributed by atoms with van der Waals surface area (Å²) < 4.78 is 37.8. The fourth-order valence-electron chi connectivity index (χ4n) is 1.73. The maximum absolute atomic E-state index is 12.6. The van der Waals surface area contributed by atoms with Crippen molar-refractivity contribution in [2.75, 3.05) is 0 Å². The van der Waals surface area contributed by atoms with Crippen molar-refractivity contribution in [1.82, 2.24) is 5.32 Å². The summed E-state index contributed by atoms with van der Waals surface area (Å²) in [5, 5.41) is 4.56. The summed E-state index contributed by atoms with van der Waals surface area (Å²) in [5.41, 5.74) is -0.822. The summed E-state index contributed by atoms with van der Waals surface area (Å²) in [6.07, 6.45) is -4.45. The van der Waals surface area contributed by atoms with E-state index in [9.17, 15) is 18.0 Å². The molecule has 1 unspecified atom stereocenters. The largest absolute Gasteiger partial charge is 0.416 e. The molecule has 0 radical (unpaired) electrons. The number of nitrogens with one attached hydrogen (secondary N) is 1. The van der Waals surface area contributed by atoms with Gasteiger partial charge < -0.3 is 5.32 Å². The lowest BCUT2D eigenvalue weighted by Gasteiger charge is -2.13. The predicted octanol–water partition coefficient (Wildman–Crippen LogP) is 4.26. The minimum absolute atomic E-state index is 0.00299. The number of alkyl halides is 3. The zero-order chi connectivity index (χ0) is 14.8. The highest BCUT2D eigenvalue weighted by atomic mass is 32.1. The highest BCUT2D eigenvalue weighted by molar-refractivity contribution is 7.10. The average Bonchev–Trinajstić information content (AvgIpc) is 2.91. The number of hydrogen-bond acceptors (Lipinski definition) is 2. The van der Waals surface area contributed by atoms with E-state index in [1.807, 2.05) is 17.5 Å². The molecule has 1 aromatic heterocycles. The molecule has 1 amide bonds. The third-order valence-electron chi connectivity index (χ3n) is 2.77. The topological polar surface area (TPSA) is 29.1 Å². The minimum Gasteiger partial charge on any atom is -0.345 e. The van der Waals surface area contributed by atoms with Gasteiger partial charge in [0.25, 0.3) is 5.91 Å². The molecule has 0 aliphatic carbocycles. The van der Waals surface area contributed by atoms with Crippen LogP contribution >= 0.6 is 11.3 Å². The second kappa shape index (κ2) is 5.66. The standard InChI is InChI=1S/C14H12F3NOS/c1-9(12-6-3-7-20-12)18-13(19)10-4-2-5-11(8-10)14(15,16)17/h2-9H,1H3,(H,18,19). The van der Waals surface area contributed by atoms with Crippen LogP contribution in [0.2, 0.25) is 0 Å². The summed E-state index contributed by atoms with van der Waals surface area (Å²) in [6.45, 7) is 1.79. The molecule has 2 rings (SSSR count). The molecule has 1 aromatic carbocycles. The van der Waals surface area contributed by atoms with Gasteiger partial charge in [-0.25, -0.2) is 0 Å².